The molecule has 1 heterocycles. The van der Waals surface area contributed by atoms with Crippen LogP contribution in [0.2, 0.25) is 15.1 Å². The molecular formula is C25H17Cl3N2O5. The van der Waals surface area contributed by atoms with E-state index in [1.807, 2.05) is 12.1 Å². The summed E-state index contributed by atoms with van der Waals surface area (Å²) in [5.41, 5.74) is 1.12. The van der Waals surface area contributed by atoms with Crippen LogP contribution in [0.15, 0.2) is 66.2 Å². The number of rotatable bonds is 6. The van der Waals surface area contributed by atoms with E-state index in [-0.39, 0.29) is 33.7 Å². The summed E-state index contributed by atoms with van der Waals surface area (Å²) in [6, 6.07) is 15.6. The molecule has 178 valence electrons. The summed E-state index contributed by atoms with van der Waals surface area (Å²) in [5.74, 6) is -0.859. The SMILES string of the molecule is COc1ccc(N2C(=O)NC(=O)/C(=C\c3cc(Cl)c(OCc4ccccc4Cl)c(Cl)c3)C2=O)cc1. The van der Waals surface area contributed by atoms with Crippen LogP contribution in [0.25, 0.3) is 6.08 Å². The molecule has 7 nitrogen and oxygen atoms in total. The lowest BCUT2D eigenvalue weighted by Crippen LogP contribution is -2.54. The number of hydrogen-bond acceptors (Lipinski definition) is 5. The summed E-state index contributed by atoms with van der Waals surface area (Å²) in [6.07, 6.45) is 1.30. The second-order valence-corrected chi connectivity index (χ2v) is 8.57. The lowest BCUT2D eigenvalue weighted by Gasteiger charge is -2.26. The molecule has 0 saturated carbocycles. The first-order valence-electron chi connectivity index (χ1n) is 10.2. The first-order chi connectivity index (χ1) is 16.8. The van der Waals surface area contributed by atoms with Crippen LogP contribution in [0.1, 0.15) is 11.1 Å². The molecule has 1 fully saturated rings. The zero-order valence-electron chi connectivity index (χ0n) is 18.2. The monoisotopic (exact) mass is 530 g/mol. The number of imide groups is 2. The molecule has 1 N–H and O–H groups in total. The standard InChI is InChI=1S/C25H17Cl3N2O5/c1-34-17-8-6-16(7-9-17)30-24(32)18(23(31)29-25(30)33)10-14-11-20(27)22(21(28)12-14)35-13-15-4-2-3-5-19(15)26/h2-12H,13H2,1H3,(H,29,31,33)/b18-10+. The molecule has 1 saturated heterocycles. The summed E-state index contributed by atoms with van der Waals surface area (Å²) in [5, 5.41) is 3.05. The van der Waals surface area contributed by atoms with E-state index in [0.29, 0.717) is 16.3 Å². The van der Waals surface area contributed by atoms with E-state index >= 15 is 0 Å². The first-order valence-corrected chi connectivity index (χ1v) is 11.3. The summed E-state index contributed by atoms with van der Waals surface area (Å²) >= 11 is 18.9. The van der Waals surface area contributed by atoms with Gasteiger partial charge in [-0.25, -0.2) is 9.69 Å². The highest BCUT2D eigenvalue weighted by Gasteiger charge is 2.36. The molecule has 0 atom stereocenters. The highest BCUT2D eigenvalue weighted by atomic mass is 35.5. The fourth-order valence-corrected chi connectivity index (χ4v) is 4.16. The van der Waals surface area contributed by atoms with Gasteiger partial charge in [0.15, 0.2) is 5.75 Å². The Morgan fingerprint density at radius 2 is 1.57 bits per heavy atom. The van der Waals surface area contributed by atoms with Crippen molar-refractivity contribution in [3.05, 3.63) is 92.4 Å². The van der Waals surface area contributed by atoms with Crippen molar-refractivity contribution in [3.63, 3.8) is 0 Å². The number of barbiturate groups is 1. The van der Waals surface area contributed by atoms with Crippen LogP contribution < -0.4 is 19.7 Å². The Hall–Kier alpha value is -3.52. The molecule has 0 aromatic heterocycles. The van der Waals surface area contributed by atoms with Crippen LogP contribution in [0.5, 0.6) is 11.5 Å². The predicted molar refractivity (Wildman–Crippen MR) is 134 cm³/mol. The van der Waals surface area contributed by atoms with Gasteiger partial charge in [-0.3, -0.25) is 14.9 Å². The lowest BCUT2D eigenvalue weighted by molar-refractivity contribution is -0.122. The van der Waals surface area contributed by atoms with E-state index < -0.39 is 17.8 Å². The van der Waals surface area contributed by atoms with Crippen molar-refractivity contribution in [1.82, 2.24) is 5.32 Å². The molecule has 3 aromatic rings. The van der Waals surface area contributed by atoms with E-state index in [4.69, 9.17) is 44.3 Å². The van der Waals surface area contributed by atoms with Crippen molar-refractivity contribution < 1.29 is 23.9 Å². The molecule has 35 heavy (non-hydrogen) atoms. The van der Waals surface area contributed by atoms with Gasteiger partial charge in [0, 0.05) is 10.6 Å². The number of nitrogens with zero attached hydrogens (tertiary/aromatic N) is 1. The van der Waals surface area contributed by atoms with Crippen LogP contribution >= 0.6 is 34.8 Å². The van der Waals surface area contributed by atoms with Gasteiger partial charge in [0.05, 0.1) is 22.8 Å². The van der Waals surface area contributed by atoms with Crippen molar-refractivity contribution in [3.8, 4) is 11.5 Å². The Balaban J connectivity index is 1.60. The third kappa shape index (κ3) is 5.27. The number of carbonyl (C=O) groups excluding carboxylic acids is 3. The molecule has 0 unspecified atom stereocenters. The van der Waals surface area contributed by atoms with E-state index in [0.717, 1.165) is 10.5 Å². The molecular weight excluding hydrogens is 515 g/mol. The average molecular weight is 532 g/mol. The van der Waals surface area contributed by atoms with Gasteiger partial charge in [-0.05, 0) is 54.1 Å². The lowest BCUT2D eigenvalue weighted by atomic mass is 10.1. The second-order valence-electron chi connectivity index (χ2n) is 7.35. The minimum absolute atomic E-state index is 0.138. The number of urea groups is 1. The van der Waals surface area contributed by atoms with Crippen molar-refractivity contribution >= 4 is 64.4 Å². The summed E-state index contributed by atoms with van der Waals surface area (Å²) in [7, 11) is 1.50. The van der Waals surface area contributed by atoms with Crippen LogP contribution in [0.4, 0.5) is 10.5 Å². The highest BCUT2D eigenvalue weighted by Crippen LogP contribution is 2.36. The Bertz CT molecular complexity index is 1330. The molecule has 0 bridgehead atoms. The van der Waals surface area contributed by atoms with E-state index in [1.54, 1.807) is 24.3 Å². The number of ether oxygens (including phenoxy) is 2. The van der Waals surface area contributed by atoms with Gasteiger partial charge < -0.3 is 9.47 Å². The van der Waals surface area contributed by atoms with Gasteiger partial charge in [0.1, 0.15) is 17.9 Å². The maximum absolute atomic E-state index is 13.1. The maximum atomic E-state index is 13.1. The number of halogens is 3. The Labute approximate surface area is 215 Å². The molecule has 1 aliphatic heterocycles. The van der Waals surface area contributed by atoms with Crippen LogP contribution in [-0.4, -0.2) is 25.0 Å². The zero-order chi connectivity index (χ0) is 25.1. The highest BCUT2D eigenvalue weighted by molar-refractivity contribution is 6.40. The largest absolute Gasteiger partial charge is 0.497 e. The minimum atomic E-state index is -0.860. The predicted octanol–water partition coefficient (Wildman–Crippen LogP) is 5.90. The molecule has 1 aliphatic rings. The van der Waals surface area contributed by atoms with Crippen molar-refractivity contribution in [2.24, 2.45) is 0 Å². The summed E-state index contributed by atoms with van der Waals surface area (Å²) in [4.78, 5) is 38.8. The molecule has 10 heteroatoms. The van der Waals surface area contributed by atoms with Crippen molar-refractivity contribution in [1.29, 1.82) is 0 Å². The van der Waals surface area contributed by atoms with Gasteiger partial charge in [0.2, 0.25) is 0 Å². The summed E-state index contributed by atoms with van der Waals surface area (Å²) < 4.78 is 10.8. The maximum Gasteiger partial charge on any atom is 0.335 e. The third-order valence-corrected chi connectivity index (χ3v) is 6.02. The minimum Gasteiger partial charge on any atom is -0.497 e. The summed E-state index contributed by atoms with van der Waals surface area (Å²) in [6.45, 7) is 0.138. The molecule has 4 rings (SSSR count). The first kappa shape index (κ1) is 24.6. The number of nitrogens with one attached hydrogen (secondary N) is 1. The molecule has 0 aliphatic carbocycles. The fraction of sp³-hybridized carbons (Fsp3) is 0.0800. The number of anilines is 1. The Kier molecular flexibility index (Phi) is 7.31. The van der Waals surface area contributed by atoms with Gasteiger partial charge in [-0.15, -0.1) is 0 Å². The number of benzene rings is 3. The van der Waals surface area contributed by atoms with Gasteiger partial charge >= 0.3 is 6.03 Å². The molecule has 0 radical (unpaired) electrons. The van der Waals surface area contributed by atoms with E-state index in [2.05, 4.69) is 5.32 Å². The number of hydrogen-bond donors (Lipinski definition) is 1. The quantitative estimate of drug-likeness (QED) is 0.316. The van der Waals surface area contributed by atoms with Crippen LogP contribution in [0, 0.1) is 0 Å². The van der Waals surface area contributed by atoms with Gasteiger partial charge in [-0.1, -0.05) is 53.0 Å². The topological polar surface area (TPSA) is 84.9 Å². The van der Waals surface area contributed by atoms with Crippen LogP contribution in [0.3, 0.4) is 0 Å². The van der Waals surface area contributed by atoms with E-state index in [1.165, 1.54) is 37.5 Å². The van der Waals surface area contributed by atoms with Gasteiger partial charge in [-0.2, -0.15) is 0 Å². The number of carbonyl (C=O) groups is 3. The second kappa shape index (κ2) is 10.4. The number of amides is 4. The Morgan fingerprint density at radius 1 is 0.914 bits per heavy atom. The zero-order valence-corrected chi connectivity index (χ0v) is 20.4. The number of methoxy groups -OCH3 is 1. The van der Waals surface area contributed by atoms with Crippen molar-refractivity contribution in [2.45, 2.75) is 6.61 Å². The normalized spacial score (nSPS) is 14.8. The molecule has 4 amide bonds. The van der Waals surface area contributed by atoms with Crippen molar-refractivity contribution in [2.75, 3.05) is 12.0 Å². The molecule has 3 aromatic carbocycles. The average Bonchev–Trinajstić information content (AvgIpc) is 2.82. The smallest absolute Gasteiger partial charge is 0.335 e. The van der Waals surface area contributed by atoms with Gasteiger partial charge in [0.25, 0.3) is 11.8 Å². The Morgan fingerprint density at radius 3 is 2.20 bits per heavy atom. The molecule has 0 spiro atoms. The van der Waals surface area contributed by atoms with E-state index in [9.17, 15) is 14.4 Å². The third-order valence-electron chi connectivity index (χ3n) is 5.09. The fourth-order valence-electron chi connectivity index (χ4n) is 3.36. The van der Waals surface area contributed by atoms with Crippen LogP contribution in [-0.2, 0) is 16.2 Å².